The van der Waals surface area contributed by atoms with E-state index in [9.17, 15) is 19.8 Å². The lowest BCUT2D eigenvalue weighted by Gasteiger charge is -2.34. The highest BCUT2D eigenvalue weighted by atomic mass is 16.5. The van der Waals surface area contributed by atoms with Crippen LogP contribution in [0.3, 0.4) is 0 Å². The largest absolute Gasteiger partial charge is 0.481 e. The van der Waals surface area contributed by atoms with Crippen LogP contribution in [0.1, 0.15) is 6.42 Å². The van der Waals surface area contributed by atoms with E-state index >= 15 is 0 Å². The second-order valence-corrected chi connectivity index (χ2v) is 4.86. The van der Waals surface area contributed by atoms with E-state index in [0.29, 0.717) is 13.2 Å². The van der Waals surface area contributed by atoms with E-state index in [1.807, 2.05) is 0 Å². The molecule has 2 heterocycles. The lowest BCUT2D eigenvalue weighted by atomic mass is 10.2. The van der Waals surface area contributed by atoms with E-state index in [-0.39, 0.29) is 32.1 Å². The van der Waals surface area contributed by atoms with Crippen molar-refractivity contribution in [3.05, 3.63) is 0 Å². The summed E-state index contributed by atoms with van der Waals surface area (Å²) in [5, 5.41) is 27.6. The standard InChI is InChI=1S/C11H18N2O6/c14-8-5-13(6-9(8)15)11(18)12-1-2-19-7(4-12)3-10(16)17/h7-9,14-15H,1-6H2,(H,16,17). The molecule has 108 valence electrons. The van der Waals surface area contributed by atoms with Gasteiger partial charge in [-0.15, -0.1) is 0 Å². The van der Waals surface area contributed by atoms with Gasteiger partial charge < -0.3 is 29.9 Å². The monoisotopic (exact) mass is 274 g/mol. The van der Waals surface area contributed by atoms with Gasteiger partial charge in [-0.05, 0) is 0 Å². The third-order valence-corrected chi connectivity index (χ3v) is 3.34. The van der Waals surface area contributed by atoms with Gasteiger partial charge in [0.05, 0.1) is 44.4 Å². The number of ether oxygens (including phenoxy) is 1. The third kappa shape index (κ3) is 3.34. The van der Waals surface area contributed by atoms with Crippen LogP contribution in [0.15, 0.2) is 0 Å². The van der Waals surface area contributed by atoms with Crippen molar-refractivity contribution < 1.29 is 29.6 Å². The lowest BCUT2D eigenvalue weighted by molar-refractivity contribution is -0.141. The Kier molecular flexibility index (Phi) is 4.23. The van der Waals surface area contributed by atoms with Crippen molar-refractivity contribution in [2.45, 2.75) is 24.7 Å². The van der Waals surface area contributed by atoms with Gasteiger partial charge in [0.15, 0.2) is 0 Å². The highest BCUT2D eigenvalue weighted by Gasteiger charge is 2.36. The number of carbonyl (C=O) groups excluding carboxylic acids is 1. The molecule has 2 aliphatic rings. The van der Waals surface area contributed by atoms with Crippen molar-refractivity contribution in [3.8, 4) is 0 Å². The predicted octanol–water partition coefficient (Wildman–Crippen LogP) is -1.68. The summed E-state index contributed by atoms with van der Waals surface area (Å²) in [6.07, 6.45) is -2.48. The van der Waals surface area contributed by atoms with Crippen LogP contribution in [-0.4, -0.2) is 88.2 Å². The summed E-state index contributed by atoms with van der Waals surface area (Å²) < 4.78 is 5.28. The molecule has 0 bridgehead atoms. The first-order chi connectivity index (χ1) is 8.97. The smallest absolute Gasteiger partial charge is 0.320 e. The SMILES string of the molecule is O=C(O)CC1CN(C(=O)N2CC(O)C(O)C2)CCO1. The van der Waals surface area contributed by atoms with Gasteiger partial charge in [0.25, 0.3) is 0 Å². The molecule has 2 rings (SSSR count). The maximum Gasteiger partial charge on any atom is 0.320 e. The number of carboxylic acid groups (broad SMARTS) is 1. The average Bonchev–Trinajstić information content (AvgIpc) is 2.68. The van der Waals surface area contributed by atoms with Gasteiger partial charge >= 0.3 is 12.0 Å². The number of β-amino-alcohol motifs (C(OH)–C–C–N with tert-alkyl or cyclic N) is 2. The van der Waals surface area contributed by atoms with E-state index in [4.69, 9.17) is 9.84 Å². The second-order valence-electron chi connectivity index (χ2n) is 4.86. The number of rotatable bonds is 2. The Morgan fingerprint density at radius 3 is 2.32 bits per heavy atom. The molecule has 0 spiro atoms. The van der Waals surface area contributed by atoms with Crippen molar-refractivity contribution in [1.29, 1.82) is 0 Å². The summed E-state index contributed by atoms with van der Waals surface area (Å²) in [6.45, 7) is 1.09. The number of nitrogens with zero attached hydrogens (tertiary/aromatic N) is 2. The van der Waals surface area contributed by atoms with Crippen molar-refractivity contribution in [2.75, 3.05) is 32.8 Å². The first-order valence-corrected chi connectivity index (χ1v) is 6.20. The second kappa shape index (κ2) is 5.72. The third-order valence-electron chi connectivity index (χ3n) is 3.34. The number of hydrogen-bond acceptors (Lipinski definition) is 5. The summed E-state index contributed by atoms with van der Waals surface area (Å²) in [5.41, 5.74) is 0. The molecular weight excluding hydrogens is 256 g/mol. The number of carboxylic acids is 1. The average molecular weight is 274 g/mol. The number of urea groups is 1. The maximum atomic E-state index is 12.1. The Morgan fingerprint density at radius 2 is 1.74 bits per heavy atom. The lowest BCUT2D eigenvalue weighted by Crippen LogP contribution is -2.51. The molecular formula is C11H18N2O6. The molecule has 0 aromatic rings. The van der Waals surface area contributed by atoms with Crippen LogP contribution in [0.4, 0.5) is 4.79 Å². The zero-order valence-corrected chi connectivity index (χ0v) is 10.4. The fraction of sp³-hybridized carbons (Fsp3) is 0.818. The number of hydrogen-bond donors (Lipinski definition) is 3. The van der Waals surface area contributed by atoms with Crippen LogP contribution >= 0.6 is 0 Å². The predicted molar refractivity (Wildman–Crippen MR) is 62.5 cm³/mol. The van der Waals surface area contributed by atoms with Crippen LogP contribution < -0.4 is 0 Å². The van der Waals surface area contributed by atoms with E-state index in [0.717, 1.165) is 0 Å². The fourth-order valence-corrected chi connectivity index (χ4v) is 2.34. The van der Waals surface area contributed by atoms with E-state index < -0.39 is 24.3 Å². The molecule has 2 aliphatic heterocycles. The summed E-state index contributed by atoms with van der Waals surface area (Å²) >= 11 is 0. The number of amides is 2. The van der Waals surface area contributed by atoms with Crippen LogP contribution in [-0.2, 0) is 9.53 Å². The van der Waals surface area contributed by atoms with Crippen LogP contribution in [0.25, 0.3) is 0 Å². The van der Waals surface area contributed by atoms with Gasteiger partial charge in [-0.25, -0.2) is 4.79 Å². The Labute approximate surface area is 110 Å². The van der Waals surface area contributed by atoms with E-state index in [2.05, 4.69) is 0 Å². The molecule has 0 aromatic heterocycles. The molecule has 2 fully saturated rings. The zero-order valence-electron chi connectivity index (χ0n) is 10.4. The van der Waals surface area contributed by atoms with Crippen molar-refractivity contribution in [1.82, 2.24) is 9.80 Å². The number of aliphatic carboxylic acids is 1. The van der Waals surface area contributed by atoms with Crippen molar-refractivity contribution >= 4 is 12.0 Å². The highest BCUT2D eigenvalue weighted by molar-refractivity contribution is 5.75. The summed E-state index contributed by atoms with van der Waals surface area (Å²) in [4.78, 5) is 25.7. The molecule has 0 radical (unpaired) electrons. The minimum Gasteiger partial charge on any atom is -0.481 e. The number of aliphatic hydroxyl groups is 2. The van der Waals surface area contributed by atoms with E-state index in [1.54, 1.807) is 0 Å². The summed E-state index contributed by atoms with van der Waals surface area (Å²) in [6, 6.07) is -0.297. The minimum absolute atomic E-state index is 0.0982. The van der Waals surface area contributed by atoms with Gasteiger partial charge in [-0.3, -0.25) is 4.79 Å². The minimum atomic E-state index is -0.966. The summed E-state index contributed by atoms with van der Waals surface area (Å²) in [5.74, 6) is -0.966. The first-order valence-electron chi connectivity index (χ1n) is 6.20. The zero-order chi connectivity index (χ0) is 14.0. The number of morpholine rings is 1. The van der Waals surface area contributed by atoms with Gasteiger partial charge in [-0.2, -0.15) is 0 Å². The molecule has 8 nitrogen and oxygen atoms in total. The molecule has 2 saturated heterocycles. The van der Waals surface area contributed by atoms with Crippen molar-refractivity contribution in [3.63, 3.8) is 0 Å². The van der Waals surface area contributed by atoms with Gasteiger partial charge in [0.1, 0.15) is 0 Å². The summed E-state index contributed by atoms with van der Waals surface area (Å²) in [7, 11) is 0. The fourth-order valence-electron chi connectivity index (χ4n) is 2.34. The number of aliphatic hydroxyl groups excluding tert-OH is 2. The quantitative estimate of drug-likeness (QED) is 0.554. The number of likely N-dealkylation sites (tertiary alicyclic amines) is 1. The van der Waals surface area contributed by atoms with Crippen LogP contribution in [0.2, 0.25) is 0 Å². The molecule has 19 heavy (non-hydrogen) atoms. The van der Waals surface area contributed by atoms with Crippen LogP contribution in [0.5, 0.6) is 0 Å². The molecule has 0 aromatic carbocycles. The highest BCUT2D eigenvalue weighted by Crippen LogP contribution is 2.16. The molecule has 0 saturated carbocycles. The first kappa shape index (κ1) is 14.0. The molecule has 3 N–H and O–H groups in total. The Balaban J connectivity index is 1.90. The Morgan fingerprint density at radius 1 is 1.11 bits per heavy atom. The Hall–Kier alpha value is -1.38. The normalized spacial score (nSPS) is 31.6. The molecule has 0 aliphatic carbocycles. The van der Waals surface area contributed by atoms with Crippen molar-refractivity contribution in [2.24, 2.45) is 0 Å². The Bertz CT molecular complexity index is 353. The van der Waals surface area contributed by atoms with Crippen LogP contribution in [0, 0.1) is 0 Å². The molecule has 8 heteroatoms. The van der Waals surface area contributed by atoms with Gasteiger partial charge in [0, 0.05) is 13.1 Å². The van der Waals surface area contributed by atoms with Gasteiger partial charge in [-0.1, -0.05) is 0 Å². The topological polar surface area (TPSA) is 111 Å². The van der Waals surface area contributed by atoms with Gasteiger partial charge in [0.2, 0.25) is 0 Å². The molecule has 3 unspecified atom stereocenters. The molecule has 3 atom stereocenters. The molecule has 2 amide bonds. The van der Waals surface area contributed by atoms with E-state index in [1.165, 1.54) is 9.80 Å². The number of carbonyl (C=O) groups is 2. The maximum absolute atomic E-state index is 12.1.